The molecule has 2 aliphatic rings. The molecule has 2 aromatic heterocycles. The molecule has 0 aliphatic carbocycles. The summed E-state index contributed by atoms with van der Waals surface area (Å²) in [6.07, 6.45) is 8.22. The Hall–Kier alpha value is -3.30. The van der Waals surface area contributed by atoms with Gasteiger partial charge >= 0.3 is 0 Å². The number of aliphatic hydroxyl groups excluding tert-OH is 2. The molecule has 2 fully saturated rings. The number of aliphatic hydroxyl groups is 2. The van der Waals surface area contributed by atoms with Gasteiger partial charge in [-0.25, -0.2) is 9.97 Å². The predicted octanol–water partition coefficient (Wildman–Crippen LogP) is 3.97. The van der Waals surface area contributed by atoms with Gasteiger partial charge in [0.15, 0.2) is 0 Å². The standard InChI is InChI=1S/C28H32N6O2/c35-15-19-11-17(25-13-31-27(33-25)23-3-1-9-29-23)5-7-21(19)22-8-6-18(12-20(22)16-36)26-14-32-28(34-26)24-4-2-10-30-24/h5-8,11-14,23-24,29-30,35-36H,1-4,9-10,15-16H2,(H,31,33)(H,32,34). The van der Waals surface area contributed by atoms with Gasteiger partial charge in [-0.15, -0.1) is 0 Å². The summed E-state index contributed by atoms with van der Waals surface area (Å²) >= 11 is 0. The van der Waals surface area contributed by atoms with Crippen LogP contribution in [0.15, 0.2) is 48.8 Å². The molecule has 4 aromatic rings. The van der Waals surface area contributed by atoms with Crippen molar-refractivity contribution in [1.82, 2.24) is 30.6 Å². The van der Waals surface area contributed by atoms with Crippen molar-refractivity contribution in [2.75, 3.05) is 13.1 Å². The van der Waals surface area contributed by atoms with Crippen molar-refractivity contribution < 1.29 is 10.2 Å². The van der Waals surface area contributed by atoms with E-state index in [1.54, 1.807) is 0 Å². The fourth-order valence-corrected chi connectivity index (χ4v) is 5.47. The van der Waals surface area contributed by atoms with Gasteiger partial charge in [0.2, 0.25) is 0 Å². The molecule has 0 saturated carbocycles. The number of H-pyrrole nitrogens is 2. The zero-order valence-corrected chi connectivity index (χ0v) is 20.2. The van der Waals surface area contributed by atoms with Crippen molar-refractivity contribution in [3.8, 4) is 33.6 Å². The summed E-state index contributed by atoms with van der Waals surface area (Å²) < 4.78 is 0. The van der Waals surface area contributed by atoms with Crippen LogP contribution in [0.1, 0.15) is 60.5 Å². The zero-order valence-electron chi connectivity index (χ0n) is 20.2. The van der Waals surface area contributed by atoms with Crippen LogP contribution in [0.2, 0.25) is 0 Å². The first-order valence-electron chi connectivity index (χ1n) is 12.8. The van der Waals surface area contributed by atoms with E-state index in [0.29, 0.717) is 0 Å². The molecule has 6 N–H and O–H groups in total. The molecule has 36 heavy (non-hydrogen) atoms. The molecule has 0 radical (unpaired) electrons. The SMILES string of the molecule is OCc1cc(-c2cnc(C3CCCN3)[nH]2)ccc1-c1ccc(-c2cnc(C3CCCN3)[nH]2)cc1CO. The summed E-state index contributed by atoms with van der Waals surface area (Å²) in [5.41, 5.74) is 7.26. The van der Waals surface area contributed by atoms with Crippen molar-refractivity contribution in [2.45, 2.75) is 51.0 Å². The number of rotatable bonds is 7. The van der Waals surface area contributed by atoms with Crippen LogP contribution in [-0.4, -0.2) is 43.2 Å². The first kappa shape index (κ1) is 23.1. The van der Waals surface area contributed by atoms with Gasteiger partial charge < -0.3 is 30.8 Å². The number of hydrogen-bond acceptors (Lipinski definition) is 6. The number of benzene rings is 2. The van der Waals surface area contributed by atoms with Crippen LogP contribution >= 0.6 is 0 Å². The third-order valence-corrected chi connectivity index (χ3v) is 7.44. The normalized spacial score (nSPS) is 19.8. The molecule has 6 rings (SSSR count). The van der Waals surface area contributed by atoms with E-state index in [4.69, 9.17) is 0 Å². The second-order valence-corrected chi connectivity index (χ2v) is 9.72. The highest BCUT2D eigenvalue weighted by molar-refractivity contribution is 5.77. The second-order valence-electron chi connectivity index (χ2n) is 9.72. The molecular weight excluding hydrogens is 452 g/mol. The molecule has 186 valence electrons. The van der Waals surface area contributed by atoms with Gasteiger partial charge in [-0.3, -0.25) is 0 Å². The highest BCUT2D eigenvalue weighted by atomic mass is 16.3. The lowest BCUT2D eigenvalue weighted by atomic mass is 9.92. The van der Waals surface area contributed by atoms with Crippen molar-refractivity contribution in [2.24, 2.45) is 0 Å². The molecule has 0 bridgehead atoms. The van der Waals surface area contributed by atoms with Crippen molar-refractivity contribution in [3.05, 3.63) is 71.6 Å². The maximum absolute atomic E-state index is 10.2. The summed E-state index contributed by atoms with van der Waals surface area (Å²) in [7, 11) is 0. The van der Waals surface area contributed by atoms with Crippen LogP contribution < -0.4 is 10.6 Å². The Labute approximate surface area is 210 Å². The van der Waals surface area contributed by atoms with E-state index in [2.05, 4.69) is 30.6 Å². The summed E-state index contributed by atoms with van der Waals surface area (Å²) in [6, 6.07) is 12.7. The second kappa shape index (κ2) is 9.99. The maximum Gasteiger partial charge on any atom is 0.123 e. The van der Waals surface area contributed by atoms with Crippen LogP contribution in [-0.2, 0) is 13.2 Å². The summed E-state index contributed by atoms with van der Waals surface area (Å²) in [5.74, 6) is 1.92. The largest absolute Gasteiger partial charge is 0.392 e. The summed E-state index contributed by atoms with van der Waals surface area (Å²) in [4.78, 5) is 16.0. The quantitative estimate of drug-likeness (QED) is 0.236. The van der Waals surface area contributed by atoms with Crippen molar-refractivity contribution >= 4 is 0 Å². The van der Waals surface area contributed by atoms with E-state index in [9.17, 15) is 10.2 Å². The smallest absolute Gasteiger partial charge is 0.123 e. The third-order valence-electron chi connectivity index (χ3n) is 7.44. The molecule has 0 spiro atoms. The van der Waals surface area contributed by atoms with Crippen LogP contribution in [0, 0.1) is 0 Å². The average molecular weight is 485 g/mol. The van der Waals surface area contributed by atoms with Gasteiger partial charge in [-0.2, -0.15) is 0 Å². The van der Waals surface area contributed by atoms with Gasteiger partial charge in [0.05, 0.1) is 49.1 Å². The van der Waals surface area contributed by atoms with Crippen molar-refractivity contribution in [3.63, 3.8) is 0 Å². The summed E-state index contributed by atoms with van der Waals surface area (Å²) in [6.45, 7) is 1.85. The Morgan fingerprint density at radius 2 is 1.17 bits per heavy atom. The Kier molecular flexibility index (Phi) is 6.41. The third kappa shape index (κ3) is 4.37. The first-order chi connectivity index (χ1) is 17.7. The Balaban J connectivity index is 1.29. The number of nitrogens with zero attached hydrogens (tertiary/aromatic N) is 2. The number of imidazole rings is 2. The maximum atomic E-state index is 10.2. The van der Waals surface area contributed by atoms with Gasteiger partial charge in [0.25, 0.3) is 0 Å². The highest BCUT2D eigenvalue weighted by Gasteiger charge is 2.21. The highest BCUT2D eigenvalue weighted by Crippen LogP contribution is 2.34. The first-order valence-corrected chi connectivity index (χ1v) is 12.8. The predicted molar refractivity (Wildman–Crippen MR) is 139 cm³/mol. The molecule has 2 saturated heterocycles. The topological polar surface area (TPSA) is 122 Å². The van der Waals surface area contributed by atoms with Gasteiger partial charge in [-0.05, 0) is 84.3 Å². The molecule has 2 aliphatic heterocycles. The van der Waals surface area contributed by atoms with Crippen LogP contribution in [0.4, 0.5) is 0 Å². The molecule has 2 unspecified atom stereocenters. The molecule has 2 aromatic carbocycles. The number of aromatic amines is 2. The monoisotopic (exact) mass is 484 g/mol. The van der Waals surface area contributed by atoms with E-state index in [1.807, 2.05) is 48.8 Å². The van der Waals surface area contributed by atoms with Crippen LogP contribution in [0.25, 0.3) is 33.6 Å². The Morgan fingerprint density at radius 3 is 1.56 bits per heavy atom. The molecule has 0 amide bonds. The Morgan fingerprint density at radius 1 is 0.694 bits per heavy atom. The minimum absolute atomic E-state index is 0.0980. The van der Waals surface area contributed by atoms with Gasteiger partial charge in [0, 0.05) is 0 Å². The zero-order chi connectivity index (χ0) is 24.5. The van der Waals surface area contributed by atoms with Crippen molar-refractivity contribution in [1.29, 1.82) is 0 Å². The average Bonchev–Trinajstić information content (AvgIpc) is 3.74. The molecule has 8 heteroatoms. The minimum atomic E-state index is -0.0980. The van der Waals surface area contributed by atoms with E-state index < -0.39 is 0 Å². The molecule has 4 heterocycles. The number of aromatic nitrogens is 4. The van der Waals surface area contributed by atoms with E-state index in [0.717, 1.165) is 95.2 Å². The fraction of sp³-hybridized carbons (Fsp3) is 0.357. The van der Waals surface area contributed by atoms with E-state index in [-0.39, 0.29) is 25.3 Å². The molecular formula is C28H32N6O2. The van der Waals surface area contributed by atoms with E-state index in [1.165, 1.54) is 0 Å². The van der Waals surface area contributed by atoms with E-state index >= 15 is 0 Å². The fourth-order valence-electron chi connectivity index (χ4n) is 5.47. The molecule has 2 atom stereocenters. The number of nitrogens with one attached hydrogen (secondary N) is 4. The van der Waals surface area contributed by atoms with Gasteiger partial charge in [-0.1, -0.05) is 24.3 Å². The molecule has 8 nitrogen and oxygen atoms in total. The summed E-state index contributed by atoms with van der Waals surface area (Å²) in [5, 5.41) is 27.4. The lowest BCUT2D eigenvalue weighted by Crippen LogP contribution is -2.14. The number of hydrogen-bond donors (Lipinski definition) is 6. The van der Waals surface area contributed by atoms with Crippen LogP contribution in [0.5, 0.6) is 0 Å². The Bertz CT molecular complexity index is 1240. The van der Waals surface area contributed by atoms with Crippen LogP contribution in [0.3, 0.4) is 0 Å². The lowest BCUT2D eigenvalue weighted by Gasteiger charge is -2.14. The lowest BCUT2D eigenvalue weighted by molar-refractivity contribution is 0.280. The minimum Gasteiger partial charge on any atom is -0.392 e. The van der Waals surface area contributed by atoms with Gasteiger partial charge in [0.1, 0.15) is 11.6 Å².